The van der Waals surface area contributed by atoms with E-state index in [0.717, 1.165) is 13.0 Å². The molecule has 2 atom stereocenters. The van der Waals surface area contributed by atoms with E-state index in [0.29, 0.717) is 12.1 Å². The number of likely N-dealkylation sites (N-methyl/N-ethyl adjacent to an activating group) is 2. The summed E-state index contributed by atoms with van der Waals surface area (Å²) in [5, 5.41) is 0. The molecule has 1 fully saturated rings. The van der Waals surface area contributed by atoms with Crippen LogP contribution >= 0.6 is 0 Å². The average molecular weight is 185 g/mol. The van der Waals surface area contributed by atoms with Gasteiger partial charge < -0.3 is 10.6 Å². The van der Waals surface area contributed by atoms with Crippen molar-refractivity contribution < 1.29 is 0 Å². The number of nitrogens with two attached hydrogens (primary N) is 1. The highest BCUT2D eigenvalue weighted by atomic mass is 15.3. The first-order valence-electron chi connectivity index (χ1n) is 5.33. The second-order valence-corrected chi connectivity index (χ2v) is 4.10. The Bertz CT molecular complexity index is 149. The molecule has 1 rings (SSSR count). The molecule has 2 N–H and O–H groups in total. The van der Waals surface area contributed by atoms with Crippen molar-refractivity contribution >= 4 is 0 Å². The summed E-state index contributed by atoms with van der Waals surface area (Å²) in [6.45, 7) is 8.89. The first kappa shape index (κ1) is 11.0. The summed E-state index contributed by atoms with van der Waals surface area (Å²) < 4.78 is 0. The van der Waals surface area contributed by atoms with E-state index in [9.17, 15) is 0 Å². The lowest BCUT2D eigenvalue weighted by atomic mass is 10.1. The van der Waals surface area contributed by atoms with Gasteiger partial charge in [0.25, 0.3) is 0 Å². The molecule has 1 aliphatic heterocycles. The van der Waals surface area contributed by atoms with Crippen LogP contribution in [0.4, 0.5) is 0 Å². The largest absolute Gasteiger partial charge is 0.330 e. The molecule has 1 heterocycles. The maximum absolute atomic E-state index is 5.61. The third kappa shape index (κ3) is 2.66. The number of rotatable bonds is 3. The van der Waals surface area contributed by atoms with Crippen LogP contribution in [-0.4, -0.2) is 55.1 Å². The third-order valence-electron chi connectivity index (χ3n) is 3.21. The standard InChI is InChI=1S/C10H23N3/c1-4-13-7-9(2)12(3)10(8-13)5-6-11/h9-10H,4-8,11H2,1-3H3. The highest BCUT2D eigenvalue weighted by Crippen LogP contribution is 2.15. The van der Waals surface area contributed by atoms with E-state index >= 15 is 0 Å². The molecule has 78 valence electrons. The van der Waals surface area contributed by atoms with Gasteiger partial charge in [-0.2, -0.15) is 0 Å². The maximum Gasteiger partial charge on any atom is 0.0235 e. The molecule has 0 amide bonds. The van der Waals surface area contributed by atoms with E-state index in [1.54, 1.807) is 0 Å². The van der Waals surface area contributed by atoms with Gasteiger partial charge in [-0.05, 0) is 33.5 Å². The molecule has 0 aromatic rings. The molecule has 0 aliphatic carbocycles. The van der Waals surface area contributed by atoms with Gasteiger partial charge in [-0.1, -0.05) is 6.92 Å². The first-order valence-corrected chi connectivity index (χ1v) is 5.33. The average Bonchev–Trinajstić information content (AvgIpc) is 2.13. The van der Waals surface area contributed by atoms with E-state index in [1.807, 2.05) is 0 Å². The van der Waals surface area contributed by atoms with Gasteiger partial charge in [0, 0.05) is 25.2 Å². The zero-order valence-corrected chi connectivity index (χ0v) is 9.16. The van der Waals surface area contributed by atoms with Crippen LogP contribution in [0.5, 0.6) is 0 Å². The third-order valence-corrected chi connectivity index (χ3v) is 3.21. The SMILES string of the molecule is CCN1CC(C)N(C)C(CCN)C1. The number of piperazine rings is 1. The molecule has 0 spiro atoms. The molecule has 1 saturated heterocycles. The summed E-state index contributed by atoms with van der Waals surface area (Å²) in [5.74, 6) is 0. The molecule has 0 aromatic carbocycles. The van der Waals surface area contributed by atoms with Crippen molar-refractivity contribution in [3.63, 3.8) is 0 Å². The van der Waals surface area contributed by atoms with Gasteiger partial charge in [0.15, 0.2) is 0 Å². The first-order chi connectivity index (χ1) is 6.19. The predicted octanol–water partition coefficient (Wildman–Crippen LogP) is 0.360. The van der Waals surface area contributed by atoms with Gasteiger partial charge in [-0.3, -0.25) is 4.90 Å². The van der Waals surface area contributed by atoms with Crippen LogP contribution in [0.2, 0.25) is 0 Å². The summed E-state index contributed by atoms with van der Waals surface area (Å²) in [7, 11) is 2.22. The van der Waals surface area contributed by atoms with Gasteiger partial charge in [-0.25, -0.2) is 0 Å². The lowest BCUT2D eigenvalue weighted by molar-refractivity contribution is 0.0517. The van der Waals surface area contributed by atoms with Gasteiger partial charge in [0.1, 0.15) is 0 Å². The summed E-state index contributed by atoms with van der Waals surface area (Å²) in [5.41, 5.74) is 5.61. The fourth-order valence-corrected chi connectivity index (χ4v) is 2.11. The van der Waals surface area contributed by atoms with Gasteiger partial charge in [0.2, 0.25) is 0 Å². The van der Waals surface area contributed by atoms with Gasteiger partial charge >= 0.3 is 0 Å². The van der Waals surface area contributed by atoms with E-state index < -0.39 is 0 Å². The molecule has 1 aliphatic rings. The zero-order chi connectivity index (χ0) is 9.84. The van der Waals surface area contributed by atoms with Crippen molar-refractivity contribution in [1.29, 1.82) is 0 Å². The van der Waals surface area contributed by atoms with Gasteiger partial charge in [0.05, 0.1) is 0 Å². The monoisotopic (exact) mass is 185 g/mol. The number of hydrogen-bond acceptors (Lipinski definition) is 3. The lowest BCUT2D eigenvalue weighted by Crippen LogP contribution is -2.56. The molecule has 2 unspecified atom stereocenters. The van der Waals surface area contributed by atoms with Crippen molar-refractivity contribution in [3.8, 4) is 0 Å². The maximum atomic E-state index is 5.61. The number of hydrogen-bond donors (Lipinski definition) is 1. The lowest BCUT2D eigenvalue weighted by Gasteiger charge is -2.43. The van der Waals surface area contributed by atoms with Crippen molar-refractivity contribution in [2.24, 2.45) is 5.73 Å². The Hall–Kier alpha value is -0.120. The Morgan fingerprint density at radius 1 is 1.38 bits per heavy atom. The summed E-state index contributed by atoms with van der Waals surface area (Å²) in [6.07, 6.45) is 1.12. The Morgan fingerprint density at radius 3 is 2.62 bits per heavy atom. The second-order valence-electron chi connectivity index (χ2n) is 4.10. The van der Waals surface area contributed by atoms with Crippen LogP contribution in [-0.2, 0) is 0 Å². The number of nitrogens with zero attached hydrogens (tertiary/aromatic N) is 2. The van der Waals surface area contributed by atoms with Crippen LogP contribution < -0.4 is 5.73 Å². The van der Waals surface area contributed by atoms with Crippen LogP contribution in [0.15, 0.2) is 0 Å². The molecular weight excluding hydrogens is 162 g/mol. The highest BCUT2D eigenvalue weighted by Gasteiger charge is 2.27. The molecule has 3 nitrogen and oxygen atoms in total. The minimum atomic E-state index is 0.661. The molecule has 3 heteroatoms. The normalized spacial score (nSPS) is 32.3. The smallest absolute Gasteiger partial charge is 0.0235 e. The Labute approximate surface area is 81.9 Å². The fourth-order valence-electron chi connectivity index (χ4n) is 2.11. The molecule has 0 saturated carbocycles. The summed E-state index contributed by atoms with van der Waals surface area (Å²) in [6, 6.07) is 1.33. The van der Waals surface area contributed by atoms with Gasteiger partial charge in [-0.15, -0.1) is 0 Å². The van der Waals surface area contributed by atoms with Crippen molar-refractivity contribution in [1.82, 2.24) is 9.80 Å². The van der Waals surface area contributed by atoms with Crippen molar-refractivity contribution in [2.45, 2.75) is 32.4 Å². The van der Waals surface area contributed by atoms with Crippen molar-refractivity contribution in [3.05, 3.63) is 0 Å². The molecule has 13 heavy (non-hydrogen) atoms. The fraction of sp³-hybridized carbons (Fsp3) is 1.00. The summed E-state index contributed by atoms with van der Waals surface area (Å²) in [4.78, 5) is 4.99. The van der Waals surface area contributed by atoms with E-state index in [4.69, 9.17) is 5.73 Å². The Kier molecular flexibility index (Phi) is 4.16. The van der Waals surface area contributed by atoms with E-state index in [-0.39, 0.29) is 0 Å². The van der Waals surface area contributed by atoms with Crippen molar-refractivity contribution in [2.75, 3.05) is 33.2 Å². The van der Waals surface area contributed by atoms with Crippen LogP contribution in [0.25, 0.3) is 0 Å². The van der Waals surface area contributed by atoms with E-state index in [1.165, 1.54) is 19.6 Å². The van der Waals surface area contributed by atoms with Crippen LogP contribution in [0.1, 0.15) is 20.3 Å². The molecule has 0 radical (unpaired) electrons. The topological polar surface area (TPSA) is 32.5 Å². The molecule has 0 bridgehead atoms. The molecular formula is C10H23N3. The predicted molar refractivity (Wildman–Crippen MR) is 56.8 cm³/mol. The minimum Gasteiger partial charge on any atom is -0.330 e. The quantitative estimate of drug-likeness (QED) is 0.689. The second kappa shape index (κ2) is 4.94. The summed E-state index contributed by atoms with van der Waals surface area (Å²) >= 11 is 0. The van der Waals surface area contributed by atoms with Crippen LogP contribution in [0.3, 0.4) is 0 Å². The zero-order valence-electron chi connectivity index (χ0n) is 9.16. The highest BCUT2D eigenvalue weighted by molar-refractivity contribution is 4.84. The Morgan fingerprint density at radius 2 is 2.08 bits per heavy atom. The van der Waals surface area contributed by atoms with E-state index in [2.05, 4.69) is 30.7 Å². The minimum absolute atomic E-state index is 0.661. The molecule has 0 aromatic heterocycles. The Balaban J connectivity index is 2.50. The van der Waals surface area contributed by atoms with Crippen LogP contribution in [0, 0.1) is 0 Å².